The Kier molecular flexibility index (Phi) is 9.10. The van der Waals surface area contributed by atoms with Gasteiger partial charge in [-0.1, -0.05) is 12.2 Å². The number of piperidine rings is 1. The van der Waals surface area contributed by atoms with Crippen molar-refractivity contribution in [2.24, 2.45) is 5.92 Å². The van der Waals surface area contributed by atoms with E-state index in [0.717, 1.165) is 30.2 Å². The molecule has 6 rings (SSSR count). The van der Waals surface area contributed by atoms with Crippen molar-refractivity contribution < 1.29 is 28.6 Å². The lowest BCUT2D eigenvalue weighted by atomic mass is 9.97. The average Bonchev–Trinajstić information content (AvgIpc) is 3.55. The normalized spacial score (nSPS) is 25.5. The summed E-state index contributed by atoms with van der Waals surface area (Å²) in [5, 5.41) is 6.24. The number of nitrogens with zero attached hydrogens (tertiary/aromatic N) is 4. The van der Waals surface area contributed by atoms with E-state index in [9.17, 15) is 14.4 Å². The Hall–Kier alpha value is -4.63. The Morgan fingerprint density at radius 2 is 2.00 bits per heavy atom. The van der Waals surface area contributed by atoms with Crippen LogP contribution in [0.2, 0.25) is 0 Å². The molecule has 0 unspecified atom stereocenters. The highest BCUT2D eigenvalue weighted by atomic mass is 32.1. The number of esters is 1. The number of allylic oxidation sites excluding steroid dienone is 1. The summed E-state index contributed by atoms with van der Waals surface area (Å²) in [7, 11) is 4.70. The van der Waals surface area contributed by atoms with E-state index in [1.54, 1.807) is 29.3 Å². The topological polar surface area (TPSA) is 123 Å². The molecule has 0 radical (unpaired) electrons. The lowest BCUT2D eigenvalue weighted by Crippen LogP contribution is -2.60. The largest absolute Gasteiger partial charge is 0.496 e. The first kappa shape index (κ1) is 32.3. The number of amides is 3. The number of fused-ring (bicyclic) bond motifs is 3. The first-order valence-electron chi connectivity index (χ1n) is 15.9. The molecule has 47 heavy (non-hydrogen) atoms. The van der Waals surface area contributed by atoms with Crippen molar-refractivity contribution in [2.75, 3.05) is 34.4 Å². The van der Waals surface area contributed by atoms with Crippen LogP contribution in [0.1, 0.15) is 49.8 Å². The lowest BCUT2D eigenvalue weighted by Gasteiger charge is -2.40. The molecule has 11 nitrogen and oxygen atoms in total. The number of nitrogens with one attached hydrogen (secondary N) is 1. The van der Waals surface area contributed by atoms with E-state index >= 15 is 0 Å². The highest BCUT2D eigenvalue weighted by molar-refractivity contribution is 7.13. The maximum Gasteiger partial charge on any atom is 0.332 e. The predicted molar refractivity (Wildman–Crippen MR) is 178 cm³/mol. The Bertz CT molecular complexity index is 1780. The number of aromatic nitrogens is 2. The SMILES string of the molecule is C#Cc1csc(-c2cc(O[C@H]3CCN4C(=O)N(C)CCCC/C=C\[C@@H]5C[C@@]5(C(=O)OC)NC(=O)[C@@H]4C3)c3ccc(OC)c(C)c3n2)n1. The van der Waals surface area contributed by atoms with Crippen LogP contribution in [-0.2, 0) is 14.3 Å². The number of benzene rings is 1. The maximum atomic E-state index is 14.1. The molecule has 3 aromatic rings. The summed E-state index contributed by atoms with van der Waals surface area (Å²) in [6, 6.07) is 4.55. The number of methoxy groups -OCH3 is 2. The molecule has 3 aliphatic rings. The second kappa shape index (κ2) is 13.2. The standard InChI is InChI=1S/C35H39N5O6S/c1-6-23-20-47-32(36-23)26-18-29(25-12-13-28(44-4)21(2)30(25)37-26)46-24-14-16-40-27(17-24)31(41)38-35(33(42)45-5)19-22(35)11-9-7-8-10-15-39(3)34(40)43/h1,9,11-13,18,20,22,24,27H,7-8,10,14-17,19H2,2-5H3,(H,38,41)/b11-9-/t22-,24+,27+,35-/m1/s1. The molecule has 0 spiro atoms. The molecular weight excluding hydrogens is 618 g/mol. The van der Waals surface area contributed by atoms with Crippen LogP contribution in [0.4, 0.5) is 4.79 Å². The molecule has 2 fully saturated rings. The van der Waals surface area contributed by atoms with Crippen LogP contribution in [0.3, 0.4) is 0 Å². The van der Waals surface area contributed by atoms with E-state index < -0.39 is 29.6 Å². The van der Waals surface area contributed by atoms with Crippen LogP contribution in [0.5, 0.6) is 11.5 Å². The zero-order valence-corrected chi connectivity index (χ0v) is 27.9. The highest BCUT2D eigenvalue weighted by Gasteiger charge is 2.62. The van der Waals surface area contributed by atoms with E-state index in [1.165, 1.54) is 18.4 Å². The zero-order chi connectivity index (χ0) is 33.3. The molecule has 1 saturated heterocycles. The quantitative estimate of drug-likeness (QED) is 0.238. The van der Waals surface area contributed by atoms with Crippen LogP contribution < -0.4 is 14.8 Å². The van der Waals surface area contributed by atoms with Crippen molar-refractivity contribution in [3.63, 3.8) is 0 Å². The molecule has 1 aliphatic carbocycles. The van der Waals surface area contributed by atoms with Gasteiger partial charge in [0.25, 0.3) is 0 Å². The van der Waals surface area contributed by atoms with E-state index in [1.807, 2.05) is 31.2 Å². The number of urea groups is 1. The number of carbonyl (C=O) groups excluding carboxylic acids is 3. The van der Waals surface area contributed by atoms with Gasteiger partial charge < -0.3 is 29.3 Å². The van der Waals surface area contributed by atoms with E-state index in [2.05, 4.69) is 22.3 Å². The van der Waals surface area contributed by atoms with E-state index in [4.69, 9.17) is 25.6 Å². The third kappa shape index (κ3) is 6.24. The molecule has 2 aliphatic heterocycles. The number of thiazole rings is 1. The van der Waals surface area contributed by atoms with Gasteiger partial charge in [0.2, 0.25) is 5.91 Å². The molecule has 246 valence electrons. The summed E-state index contributed by atoms with van der Waals surface area (Å²) in [6.45, 7) is 2.83. The van der Waals surface area contributed by atoms with Gasteiger partial charge in [-0.3, -0.25) is 4.79 Å². The van der Waals surface area contributed by atoms with Crippen molar-refractivity contribution >= 4 is 40.1 Å². The first-order chi connectivity index (χ1) is 22.7. The number of rotatable bonds is 5. The number of ether oxygens (including phenoxy) is 3. The monoisotopic (exact) mass is 657 g/mol. The van der Waals surface area contributed by atoms with Crippen molar-refractivity contribution in [3.8, 4) is 34.5 Å². The predicted octanol–water partition coefficient (Wildman–Crippen LogP) is 4.71. The first-order valence-corrected chi connectivity index (χ1v) is 16.7. The van der Waals surface area contributed by atoms with Gasteiger partial charge in [-0.2, -0.15) is 0 Å². The number of pyridine rings is 1. The molecule has 12 heteroatoms. The zero-order valence-electron chi connectivity index (χ0n) is 27.1. The number of aryl methyl sites for hydroxylation is 1. The number of carbonyl (C=O) groups is 3. The van der Waals surface area contributed by atoms with Gasteiger partial charge in [-0.15, -0.1) is 17.8 Å². The molecule has 4 atom stereocenters. The number of hydrogen-bond acceptors (Lipinski definition) is 9. The highest BCUT2D eigenvalue weighted by Crippen LogP contribution is 2.46. The lowest BCUT2D eigenvalue weighted by molar-refractivity contribution is -0.147. The van der Waals surface area contributed by atoms with Crippen LogP contribution in [0.15, 0.2) is 35.7 Å². The Morgan fingerprint density at radius 3 is 2.74 bits per heavy atom. The van der Waals surface area contributed by atoms with Crippen molar-refractivity contribution in [1.29, 1.82) is 0 Å². The van der Waals surface area contributed by atoms with E-state index in [-0.39, 0.29) is 18.4 Å². The van der Waals surface area contributed by atoms with Gasteiger partial charge in [-0.25, -0.2) is 19.6 Å². The van der Waals surface area contributed by atoms with Crippen molar-refractivity contribution in [3.05, 3.63) is 47.0 Å². The molecule has 1 saturated carbocycles. The fourth-order valence-electron chi connectivity index (χ4n) is 6.58. The Morgan fingerprint density at radius 1 is 1.17 bits per heavy atom. The van der Waals surface area contributed by atoms with Crippen molar-refractivity contribution in [1.82, 2.24) is 25.1 Å². The van der Waals surface area contributed by atoms with Gasteiger partial charge in [0, 0.05) is 61.3 Å². The van der Waals surface area contributed by atoms with Gasteiger partial charge in [0.1, 0.15) is 45.6 Å². The Balaban J connectivity index is 1.34. The van der Waals surface area contributed by atoms with Gasteiger partial charge in [0.05, 0.1) is 19.7 Å². The third-order valence-electron chi connectivity index (χ3n) is 9.35. The molecule has 1 aromatic carbocycles. The minimum atomic E-state index is -1.14. The fourth-order valence-corrected chi connectivity index (χ4v) is 7.30. The number of terminal acetylenes is 1. The third-order valence-corrected chi connectivity index (χ3v) is 10.2. The molecule has 0 bridgehead atoms. The molecule has 1 N–H and O–H groups in total. The summed E-state index contributed by atoms with van der Waals surface area (Å²) in [4.78, 5) is 53.5. The Labute approximate surface area is 278 Å². The molecule has 4 heterocycles. The summed E-state index contributed by atoms with van der Waals surface area (Å²) in [5.74, 6) is 2.79. The maximum absolute atomic E-state index is 14.1. The molecule has 2 aromatic heterocycles. The van der Waals surface area contributed by atoms with E-state index in [0.29, 0.717) is 59.3 Å². The van der Waals surface area contributed by atoms with Crippen LogP contribution in [-0.4, -0.2) is 89.7 Å². The van der Waals surface area contributed by atoms with Crippen LogP contribution in [0.25, 0.3) is 21.6 Å². The average molecular weight is 658 g/mol. The summed E-state index contributed by atoms with van der Waals surface area (Å²) in [5.41, 5.74) is 1.54. The second-order valence-corrected chi connectivity index (χ2v) is 13.2. The smallest absolute Gasteiger partial charge is 0.332 e. The minimum absolute atomic E-state index is 0.160. The van der Waals surface area contributed by atoms with Crippen LogP contribution in [0, 0.1) is 25.2 Å². The minimum Gasteiger partial charge on any atom is -0.496 e. The number of hydrogen-bond donors (Lipinski definition) is 1. The van der Waals surface area contributed by atoms with Gasteiger partial charge in [-0.05, 0) is 50.7 Å². The second-order valence-electron chi connectivity index (χ2n) is 12.3. The van der Waals surface area contributed by atoms with Crippen LogP contribution >= 0.6 is 11.3 Å². The summed E-state index contributed by atoms with van der Waals surface area (Å²) >= 11 is 1.40. The summed E-state index contributed by atoms with van der Waals surface area (Å²) < 4.78 is 17.4. The van der Waals surface area contributed by atoms with Crippen molar-refractivity contribution in [2.45, 2.75) is 63.1 Å². The molecular formula is C35H39N5O6S. The fraction of sp³-hybridized carbons (Fsp3) is 0.457. The van der Waals surface area contributed by atoms with Gasteiger partial charge >= 0.3 is 12.0 Å². The van der Waals surface area contributed by atoms with Gasteiger partial charge in [0.15, 0.2) is 0 Å². The summed E-state index contributed by atoms with van der Waals surface area (Å²) in [6.07, 6.45) is 13.0. The molecule has 3 amide bonds.